The Labute approximate surface area is 182 Å². The second kappa shape index (κ2) is 7.61. The van der Waals surface area contributed by atoms with Gasteiger partial charge in [0.1, 0.15) is 12.1 Å². The summed E-state index contributed by atoms with van der Waals surface area (Å²) in [6, 6.07) is 10.6. The van der Waals surface area contributed by atoms with Gasteiger partial charge in [-0.15, -0.1) is 11.3 Å². The highest BCUT2D eigenvalue weighted by Gasteiger charge is 2.34. The summed E-state index contributed by atoms with van der Waals surface area (Å²) in [7, 11) is -2.84. The second-order valence-corrected chi connectivity index (χ2v) is 11.8. The van der Waals surface area contributed by atoms with Crippen LogP contribution in [0.4, 0.5) is 5.82 Å². The molecule has 0 spiro atoms. The molecular formula is C20H21BrN4O2S2. The number of fused-ring (bicyclic) bond motifs is 1. The van der Waals surface area contributed by atoms with E-state index in [1.165, 1.54) is 10.4 Å². The minimum Gasteiger partial charge on any atom is -0.353 e. The van der Waals surface area contributed by atoms with Crippen LogP contribution in [0.1, 0.15) is 6.42 Å². The third-order valence-electron chi connectivity index (χ3n) is 5.76. The Bertz CT molecular complexity index is 1140. The molecule has 2 aliphatic rings. The number of benzene rings is 1. The van der Waals surface area contributed by atoms with Crippen molar-refractivity contribution in [2.24, 2.45) is 0 Å². The fourth-order valence-electron chi connectivity index (χ4n) is 4.19. The molecule has 0 unspecified atom stereocenters. The SMILES string of the molecule is O=S1(=O)CC[C@H](N2CCN(c3ncnc4cc(-c5ccc(Br)cc5)sc34)CC2)C1. The Balaban J connectivity index is 1.36. The van der Waals surface area contributed by atoms with Crippen LogP contribution in [0.2, 0.25) is 0 Å². The van der Waals surface area contributed by atoms with Gasteiger partial charge in [-0.1, -0.05) is 28.1 Å². The molecule has 152 valence electrons. The summed E-state index contributed by atoms with van der Waals surface area (Å²) in [6.07, 6.45) is 2.41. The number of thiophene rings is 1. The van der Waals surface area contributed by atoms with E-state index in [2.05, 4.69) is 66.0 Å². The average Bonchev–Trinajstić information content (AvgIpc) is 3.31. The molecule has 1 aromatic carbocycles. The number of hydrogen-bond acceptors (Lipinski definition) is 7. The van der Waals surface area contributed by atoms with Crippen LogP contribution in [-0.2, 0) is 9.84 Å². The summed E-state index contributed by atoms with van der Waals surface area (Å²) in [5.41, 5.74) is 2.15. The number of sulfone groups is 1. The Hall–Kier alpha value is -1.55. The van der Waals surface area contributed by atoms with Crippen LogP contribution in [0.15, 0.2) is 41.1 Å². The topological polar surface area (TPSA) is 66.4 Å². The standard InChI is InChI=1S/C20H21BrN4O2S2/c21-15-3-1-14(2-4-15)18-11-17-19(28-18)20(23-13-22-17)25-8-6-24(7-9-25)16-5-10-29(26,27)12-16/h1-4,11,13,16H,5-10,12H2/t16-/m0/s1. The van der Waals surface area contributed by atoms with Crippen LogP contribution < -0.4 is 4.90 Å². The van der Waals surface area contributed by atoms with Crippen molar-refractivity contribution in [1.82, 2.24) is 14.9 Å². The molecule has 2 saturated heterocycles. The van der Waals surface area contributed by atoms with E-state index in [0.717, 1.165) is 53.1 Å². The van der Waals surface area contributed by atoms with Crippen molar-refractivity contribution in [2.45, 2.75) is 12.5 Å². The molecule has 9 heteroatoms. The molecule has 0 aliphatic carbocycles. The molecule has 4 heterocycles. The summed E-state index contributed by atoms with van der Waals surface area (Å²) >= 11 is 5.22. The molecule has 6 nitrogen and oxygen atoms in total. The van der Waals surface area contributed by atoms with E-state index in [-0.39, 0.29) is 6.04 Å². The minimum atomic E-state index is -2.84. The van der Waals surface area contributed by atoms with Gasteiger partial charge >= 0.3 is 0 Å². The van der Waals surface area contributed by atoms with E-state index in [9.17, 15) is 8.42 Å². The fraction of sp³-hybridized carbons (Fsp3) is 0.400. The molecule has 0 N–H and O–H groups in total. The van der Waals surface area contributed by atoms with Crippen LogP contribution in [-0.4, -0.2) is 67.0 Å². The van der Waals surface area contributed by atoms with Crippen LogP contribution >= 0.6 is 27.3 Å². The number of rotatable bonds is 3. The lowest BCUT2D eigenvalue weighted by Gasteiger charge is -2.38. The highest BCUT2D eigenvalue weighted by atomic mass is 79.9. The molecule has 0 radical (unpaired) electrons. The van der Waals surface area contributed by atoms with Crippen LogP contribution in [0.5, 0.6) is 0 Å². The van der Waals surface area contributed by atoms with Gasteiger partial charge in [0.05, 0.1) is 21.7 Å². The van der Waals surface area contributed by atoms with Crippen molar-refractivity contribution >= 4 is 53.1 Å². The molecular weight excluding hydrogens is 472 g/mol. The number of halogens is 1. The van der Waals surface area contributed by atoms with Gasteiger partial charge in [-0.05, 0) is 30.2 Å². The Morgan fingerprint density at radius 2 is 1.83 bits per heavy atom. The first-order valence-corrected chi connectivity index (χ1v) is 13.1. The van der Waals surface area contributed by atoms with Crippen LogP contribution in [0.25, 0.3) is 20.7 Å². The van der Waals surface area contributed by atoms with Crippen molar-refractivity contribution in [3.05, 3.63) is 41.1 Å². The lowest BCUT2D eigenvalue weighted by Crippen LogP contribution is -2.51. The van der Waals surface area contributed by atoms with Gasteiger partial charge in [-0.3, -0.25) is 4.90 Å². The van der Waals surface area contributed by atoms with Crippen molar-refractivity contribution in [2.75, 3.05) is 42.6 Å². The van der Waals surface area contributed by atoms with E-state index >= 15 is 0 Å². The monoisotopic (exact) mass is 492 g/mol. The third-order valence-corrected chi connectivity index (χ3v) is 9.21. The van der Waals surface area contributed by atoms with Crippen molar-refractivity contribution in [3.63, 3.8) is 0 Å². The Morgan fingerprint density at radius 1 is 1.07 bits per heavy atom. The summed E-state index contributed by atoms with van der Waals surface area (Å²) in [5.74, 6) is 1.63. The van der Waals surface area contributed by atoms with Gasteiger partial charge in [0.25, 0.3) is 0 Å². The number of hydrogen-bond donors (Lipinski definition) is 0. The first-order chi connectivity index (χ1) is 14.0. The first-order valence-electron chi connectivity index (χ1n) is 9.68. The van der Waals surface area contributed by atoms with Gasteiger partial charge in [0, 0.05) is 41.6 Å². The largest absolute Gasteiger partial charge is 0.353 e. The molecule has 0 bridgehead atoms. The first kappa shape index (κ1) is 19.4. The zero-order valence-corrected chi connectivity index (χ0v) is 19.0. The summed E-state index contributed by atoms with van der Waals surface area (Å²) < 4.78 is 25.8. The Morgan fingerprint density at radius 3 is 2.52 bits per heavy atom. The zero-order chi connectivity index (χ0) is 20.0. The molecule has 3 aromatic rings. The predicted octanol–water partition coefficient (Wildman–Crippen LogP) is 3.43. The smallest absolute Gasteiger partial charge is 0.151 e. The maximum Gasteiger partial charge on any atom is 0.151 e. The van der Waals surface area contributed by atoms with E-state index < -0.39 is 9.84 Å². The minimum absolute atomic E-state index is 0.179. The molecule has 2 aromatic heterocycles. The number of piperazine rings is 1. The second-order valence-electron chi connectivity index (χ2n) is 7.61. The maximum absolute atomic E-state index is 11.8. The average molecular weight is 493 g/mol. The molecule has 29 heavy (non-hydrogen) atoms. The quantitative estimate of drug-likeness (QED) is 0.557. The molecule has 1 atom stereocenters. The van der Waals surface area contributed by atoms with E-state index in [0.29, 0.717) is 11.5 Å². The molecule has 2 fully saturated rings. The maximum atomic E-state index is 11.8. The molecule has 0 saturated carbocycles. The third kappa shape index (κ3) is 3.93. The molecule has 0 amide bonds. The summed E-state index contributed by atoms with van der Waals surface area (Å²) in [6.45, 7) is 3.45. The van der Waals surface area contributed by atoms with E-state index in [1.807, 2.05) is 0 Å². The van der Waals surface area contributed by atoms with Gasteiger partial charge in [-0.25, -0.2) is 18.4 Å². The molecule has 5 rings (SSSR count). The van der Waals surface area contributed by atoms with Gasteiger partial charge in [0.2, 0.25) is 0 Å². The van der Waals surface area contributed by atoms with Gasteiger partial charge in [0.15, 0.2) is 9.84 Å². The van der Waals surface area contributed by atoms with Crippen LogP contribution in [0, 0.1) is 0 Å². The van der Waals surface area contributed by atoms with Crippen LogP contribution in [0.3, 0.4) is 0 Å². The number of aromatic nitrogens is 2. The predicted molar refractivity (Wildman–Crippen MR) is 121 cm³/mol. The number of nitrogens with zero attached hydrogens (tertiary/aromatic N) is 4. The lowest BCUT2D eigenvalue weighted by molar-refractivity contribution is 0.200. The van der Waals surface area contributed by atoms with E-state index in [4.69, 9.17) is 0 Å². The fourth-order valence-corrected chi connectivity index (χ4v) is 7.35. The normalized spacial score (nSPS) is 22.4. The van der Waals surface area contributed by atoms with Gasteiger partial charge < -0.3 is 4.90 Å². The highest BCUT2D eigenvalue weighted by Crippen LogP contribution is 2.37. The summed E-state index contributed by atoms with van der Waals surface area (Å²) in [5, 5.41) is 0. The summed E-state index contributed by atoms with van der Waals surface area (Å²) in [4.78, 5) is 14.9. The number of anilines is 1. The highest BCUT2D eigenvalue weighted by molar-refractivity contribution is 9.10. The molecule has 2 aliphatic heterocycles. The van der Waals surface area contributed by atoms with E-state index in [1.54, 1.807) is 17.7 Å². The van der Waals surface area contributed by atoms with Gasteiger partial charge in [-0.2, -0.15) is 0 Å². The van der Waals surface area contributed by atoms with Crippen molar-refractivity contribution < 1.29 is 8.42 Å². The van der Waals surface area contributed by atoms with Crippen molar-refractivity contribution in [1.29, 1.82) is 0 Å². The lowest BCUT2D eigenvalue weighted by atomic mass is 10.2. The zero-order valence-electron chi connectivity index (χ0n) is 15.8. The van der Waals surface area contributed by atoms with Crippen molar-refractivity contribution in [3.8, 4) is 10.4 Å². The Kier molecular flexibility index (Phi) is 5.09.